The van der Waals surface area contributed by atoms with Gasteiger partial charge in [-0.3, -0.25) is 9.59 Å². The van der Waals surface area contributed by atoms with E-state index in [9.17, 15) is 9.59 Å². The highest BCUT2D eigenvalue weighted by Gasteiger charge is 2.14. The second-order valence-corrected chi connectivity index (χ2v) is 7.33. The van der Waals surface area contributed by atoms with Crippen molar-refractivity contribution in [2.24, 2.45) is 0 Å². The Hall–Kier alpha value is -2.44. The monoisotopic (exact) mass is 387 g/mol. The molecule has 7 heteroatoms. The molecule has 0 spiro atoms. The molecule has 0 aliphatic heterocycles. The molecule has 1 N–H and O–H groups in total. The molecule has 0 saturated carbocycles. The van der Waals surface area contributed by atoms with Gasteiger partial charge in [0.05, 0.1) is 27.3 Å². The lowest BCUT2D eigenvalue weighted by Crippen LogP contribution is -2.32. The topological polar surface area (TPSA) is 62.3 Å². The predicted octanol–water partition coefficient (Wildman–Crippen LogP) is 3.73. The van der Waals surface area contributed by atoms with E-state index < -0.39 is 0 Å². The molecule has 26 heavy (non-hydrogen) atoms. The van der Waals surface area contributed by atoms with Crippen LogP contribution in [0.3, 0.4) is 0 Å². The fourth-order valence-electron chi connectivity index (χ4n) is 2.49. The van der Waals surface area contributed by atoms with Gasteiger partial charge in [-0.05, 0) is 24.3 Å². The van der Waals surface area contributed by atoms with Crippen molar-refractivity contribution >= 4 is 45.0 Å². The van der Waals surface area contributed by atoms with Crippen molar-refractivity contribution in [2.75, 3.05) is 13.6 Å². The number of halogens is 1. The molecule has 134 valence electrons. The minimum atomic E-state index is -0.280. The van der Waals surface area contributed by atoms with Crippen LogP contribution in [0.1, 0.15) is 21.8 Å². The normalized spacial score (nSPS) is 10.7. The van der Waals surface area contributed by atoms with Crippen LogP contribution in [0.4, 0.5) is 0 Å². The van der Waals surface area contributed by atoms with E-state index in [4.69, 9.17) is 11.6 Å². The molecule has 5 nitrogen and oxygen atoms in total. The number of hydrogen-bond acceptors (Lipinski definition) is 4. The zero-order chi connectivity index (χ0) is 18.5. The third kappa shape index (κ3) is 4.39. The number of carbonyl (C=O) groups excluding carboxylic acids is 2. The molecule has 0 saturated heterocycles. The lowest BCUT2D eigenvalue weighted by atomic mass is 10.2. The minimum absolute atomic E-state index is 0.0521. The number of fused-ring (bicyclic) bond motifs is 1. The summed E-state index contributed by atoms with van der Waals surface area (Å²) >= 11 is 7.57. The fourth-order valence-corrected chi connectivity index (χ4v) is 3.74. The number of amides is 2. The van der Waals surface area contributed by atoms with Crippen LogP contribution in [0.25, 0.3) is 10.2 Å². The highest BCUT2D eigenvalue weighted by molar-refractivity contribution is 7.18. The number of aromatic nitrogens is 1. The van der Waals surface area contributed by atoms with E-state index in [-0.39, 0.29) is 24.8 Å². The number of carbonyl (C=O) groups is 2. The maximum atomic E-state index is 12.3. The number of rotatable bonds is 6. The Morgan fingerprint density at radius 1 is 1.15 bits per heavy atom. The third-order valence-electron chi connectivity index (χ3n) is 3.88. The van der Waals surface area contributed by atoms with Crippen molar-refractivity contribution in [3.8, 4) is 0 Å². The fraction of sp³-hybridized carbons (Fsp3) is 0.211. The summed E-state index contributed by atoms with van der Waals surface area (Å²) < 4.78 is 1.11. The van der Waals surface area contributed by atoms with E-state index in [2.05, 4.69) is 10.3 Å². The number of nitrogens with zero attached hydrogens (tertiary/aromatic N) is 2. The number of nitrogens with one attached hydrogen (secondary N) is 1. The number of benzene rings is 2. The van der Waals surface area contributed by atoms with Gasteiger partial charge in [0.25, 0.3) is 5.91 Å². The maximum Gasteiger partial charge on any atom is 0.252 e. The summed E-state index contributed by atoms with van der Waals surface area (Å²) in [4.78, 5) is 30.5. The SMILES string of the molecule is CN(Cc1nc2ccccc2s1)C(=O)CCNC(=O)c1ccccc1Cl. The van der Waals surface area contributed by atoms with Crippen LogP contribution in [0, 0.1) is 0 Å². The van der Waals surface area contributed by atoms with E-state index in [0.29, 0.717) is 17.1 Å². The number of para-hydroxylation sites is 1. The Labute approximate surface area is 160 Å². The highest BCUT2D eigenvalue weighted by Crippen LogP contribution is 2.22. The molecule has 0 unspecified atom stereocenters. The summed E-state index contributed by atoms with van der Waals surface area (Å²) in [6.45, 7) is 0.712. The molecule has 0 atom stereocenters. The van der Waals surface area contributed by atoms with E-state index in [1.165, 1.54) is 0 Å². The molecule has 0 bridgehead atoms. The molecular formula is C19H18ClN3O2S. The van der Waals surface area contributed by atoms with Gasteiger partial charge in [0, 0.05) is 20.0 Å². The van der Waals surface area contributed by atoms with Crippen LogP contribution < -0.4 is 5.32 Å². The van der Waals surface area contributed by atoms with Gasteiger partial charge in [0.2, 0.25) is 5.91 Å². The van der Waals surface area contributed by atoms with E-state index in [0.717, 1.165) is 15.2 Å². The molecule has 0 fully saturated rings. The van der Waals surface area contributed by atoms with Gasteiger partial charge in [-0.1, -0.05) is 35.9 Å². The van der Waals surface area contributed by atoms with Crippen LogP contribution in [0.15, 0.2) is 48.5 Å². The van der Waals surface area contributed by atoms with Crippen molar-refractivity contribution in [3.05, 3.63) is 64.1 Å². The molecule has 1 heterocycles. The molecule has 0 radical (unpaired) electrons. The standard InChI is InChI=1S/C19H18ClN3O2S/c1-23(12-17-22-15-8-4-5-9-16(15)26-17)18(24)10-11-21-19(25)13-6-2-3-7-14(13)20/h2-9H,10-12H2,1H3,(H,21,25). The molecule has 0 aliphatic rings. The van der Waals surface area contributed by atoms with Gasteiger partial charge < -0.3 is 10.2 Å². The van der Waals surface area contributed by atoms with E-state index in [1.807, 2.05) is 24.3 Å². The first-order valence-corrected chi connectivity index (χ1v) is 9.35. The molecule has 3 aromatic rings. The second kappa shape index (κ2) is 8.29. The van der Waals surface area contributed by atoms with Crippen molar-refractivity contribution < 1.29 is 9.59 Å². The number of hydrogen-bond donors (Lipinski definition) is 1. The Balaban J connectivity index is 1.50. The van der Waals surface area contributed by atoms with Gasteiger partial charge in [0.15, 0.2) is 0 Å². The Morgan fingerprint density at radius 2 is 1.88 bits per heavy atom. The van der Waals surface area contributed by atoms with Crippen molar-refractivity contribution in [3.63, 3.8) is 0 Å². The zero-order valence-electron chi connectivity index (χ0n) is 14.2. The van der Waals surface area contributed by atoms with Gasteiger partial charge in [0.1, 0.15) is 5.01 Å². The average molecular weight is 388 g/mol. The van der Waals surface area contributed by atoms with Crippen molar-refractivity contribution in [1.82, 2.24) is 15.2 Å². The van der Waals surface area contributed by atoms with Gasteiger partial charge in [-0.2, -0.15) is 0 Å². The average Bonchev–Trinajstić information content (AvgIpc) is 3.04. The minimum Gasteiger partial charge on any atom is -0.351 e. The first kappa shape index (κ1) is 18.4. The number of thiazole rings is 1. The Kier molecular flexibility index (Phi) is 5.85. The van der Waals surface area contributed by atoms with E-state index >= 15 is 0 Å². The second-order valence-electron chi connectivity index (χ2n) is 5.81. The van der Waals surface area contributed by atoms with Gasteiger partial charge in [-0.15, -0.1) is 11.3 Å². The van der Waals surface area contributed by atoms with Crippen LogP contribution in [-0.2, 0) is 11.3 Å². The summed E-state index contributed by atoms with van der Waals surface area (Å²) in [5.41, 5.74) is 1.35. The lowest BCUT2D eigenvalue weighted by Gasteiger charge is -2.15. The summed E-state index contributed by atoms with van der Waals surface area (Å²) in [5, 5.41) is 4.01. The first-order valence-electron chi connectivity index (χ1n) is 8.16. The third-order valence-corrected chi connectivity index (χ3v) is 5.23. The quantitative estimate of drug-likeness (QED) is 0.701. The molecule has 1 aromatic heterocycles. The van der Waals surface area contributed by atoms with Gasteiger partial charge in [-0.25, -0.2) is 4.98 Å². The van der Waals surface area contributed by atoms with E-state index in [1.54, 1.807) is 47.5 Å². The van der Waals surface area contributed by atoms with Crippen LogP contribution in [-0.4, -0.2) is 35.3 Å². The molecule has 2 aromatic carbocycles. The Bertz CT molecular complexity index is 908. The smallest absolute Gasteiger partial charge is 0.252 e. The summed E-state index contributed by atoms with van der Waals surface area (Å²) in [6, 6.07) is 14.7. The summed E-state index contributed by atoms with van der Waals surface area (Å²) in [5.74, 6) is -0.332. The first-order chi connectivity index (χ1) is 12.5. The molecule has 2 amide bonds. The van der Waals surface area contributed by atoms with Crippen molar-refractivity contribution in [2.45, 2.75) is 13.0 Å². The van der Waals surface area contributed by atoms with Gasteiger partial charge >= 0.3 is 0 Å². The summed E-state index contributed by atoms with van der Waals surface area (Å²) in [6.07, 6.45) is 0.220. The van der Waals surface area contributed by atoms with Crippen molar-refractivity contribution in [1.29, 1.82) is 0 Å². The highest BCUT2D eigenvalue weighted by atomic mass is 35.5. The Morgan fingerprint density at radius 3 is 2.65 bits per heavy atom. The molecular weight excluding hydrogens is 370 g/mol. The summed E-state index contributed by atoms with van der Waals surface area (Å²) in [7, 11) is 1.74. The van der Waals surface area contributed by atoms with Crippen LogP contribution in [0.5, 0.6) is 0 Å². The molecule has 0 aliphatic carbocycles. The molecule has 3 rings (SSSR count). The van der Waals surface area contributed by atoms with Crippen LogP contribution in [0.2, 0.25) is 5.02 Å². The van der Waals surface area contributed by atoms with Crippen LogP contribution >= 0.6 is 22.9 Å². The predicted molar refractivity (Wildman–Crippen MR) is 104 cm³/mol. The zero-order valence-corrected chi connectivity index (χ0v) is 15.8. The lowest BCUT2D eigenvalue weighted by molar-refractivity contribution is -0.130. The largest absolute Gasteiger partial charge is 0.351 e. The maximum absolute atomic E-state index is 12.3.